The van der Waals surface area contributed by atoms with Crippen LogP contribution in [0.2, 0.25) is 0 Å². The van der Waals surface area contributed by atoms with Gasteiger partial charge in [0, 0.05) is 18.8 Å². The summed E-state index contributed by atoms with van der Waals surface area (Å²) < 4.78 is 0. The van der Waals surface area contributed by atoms with E-state index in [0.29, 0.717) is 13.1 Å². The summed E-state index contributed by atoms with van der Waals surface area (Å²) in [5.74, 6) is -0.284. The molecule has 1 atom stereocenters. The van der Waals surface area contributed by atoms with Crippen molar-refractivity contribution < 1.29 is 4.79 Å². The van der Waals surface area contributed by atoms with E-state index < -0.39 is 0 Å². The van der Waals surface area contributed by atoms with E-state index in [1.807, 2.05) is 55.5 Å². The predicted octanol–water partition coefficient (Wildman–Crippen LogP) is 2.37. The summed E-state index contributed by atoms with van der Waals surface area (Å²) in [5.41, 5.74) is 3.09. The van der Waals surface area contributed by atoms with Crippen molar-refractivity contribution >= 4 is 23.0 Å². The molecule has 26 heavy (non-hydrogen) atoms. The molecular weight excluding hydrogens is 326 g/mol. The first-order valence-corrected chi connectivity index (χ1v) is 8.63. The fraction of sp³-hybridized carbons (Fsp3) is 0.250. The normalized spacial score (nSPS) is 19.7. The highest BCUT2D eigenvalue weighted by molar-refractivity contribution is 6.45. The van der Waals surface area contributed by atoms with Crippen molar-refractivity contribution in [3.63, 3.8) is 0 Å². The van der Waals surface area contributed by atoms with Crippen LogP contribution >= 0.6 is 0 Å². The maximum Gasteiger partial charge on any atom is 0.287 e. The van der Waals surface area contributed by atoms with Crippen LogP contribution in [0, 0.1) is 18.3 Å². The highest BCUT2D eigenvalue weighted by Crippen LogP contribution is 2.28. The zero-order valence-corrected chi connectivity index (χ0v) is 14.5. The fourth-order valence-electron chi connectivity index (χ4n) is 3.43. The average molecular weight is 345 g/mol. The van der Waals surface area contributed by atoms with Gasteiger partial charge in [0.2, 0.25) is 5.71 Å². The lowest BCUT2D eigenvalue weighted by molar-refractivity contribution is -0.127. The van der Waals surface area contributed by atoms with Gasteiger partial charge in [-0.2, -0.15) is 10.4 Å². The zero-order valence-electron chi connectivity index (χ0n) is 14.5. The van der Waals surface area contributed by atoms with E-state index in [2.05, 4.69) is 22.1 Å². The van der Waals surface area contributed by atoms with Gasteiger partial charge in [-0.15, -0.1) is 0 Å². The molecule has 0 bridgehead atoms. The van der Waals surface area contributed by atoms with Gasteiger partial charge in [0.25, 0.3) is 5.91 Å². The molecule has 0 saturated carbocycles. The summed E-state index contributed by atoms with van der Waals surface area (Å²) in [5, 5.41) is 15.5. The van der Waals surface area contributed by atoms with Gasteiger partial charge in [-0.1, -0.05) is 35.9 Å². The van der Waals surface area contributed by atoms with Crippen molar-refractivity contribution in [2.24, 2.45) is 5.10 Å². The number of para-hydroxylation sites is 1. The van der Waals surface area contributed by atoms with Crippen LogP contribution in [0.5, 0.6) is 0 Å². The van der Waals surface area contributed by atoms with Crippen molar-refractivity contribution in [3.05, 3.63) is 60.2 Å². The van der Waals surface area contributed by atoms with Gasteiger partial charge in [-0.05, 0) is 31.2 Å². The second-order valence-corrected chi connectivity index (χ2v) is 6.50. The molecule has 0 radical (unpaired) electrons. The summed E-state index contributed by atoms with van der Waals surface area (Å²) in [6.07, 6.45) is -0.240. The Morgan fingerprint density at radius 1 is 1.04 bits per heavy atom. The molecule has 0 aliphatic carbocycles. The number of aryl methyl sites for hydroxylation is 1. The Balaban J connectivity index is 1.71. The summed E-state index contributed by atoms with van der Waals surface area (Å²) in [4.78, 5) is 16.6. The molecule has 0 unspecified atom stereocenters. The standard InChI is InChI=1S/C20H19N5O/c1-15-7-9-17(10-8-15)25-19-14-23(16-5-3-2-4-6-16)11-12-24(19)20(26)18(13-21)22-25/h2-10,19H,11-12,14H2,1H3/t19-/m1/s1. The van der Waals surface area contributed by atoms with Crippen LogP contribution in [0.25, 0.3) is 0 Å². The van der Waals surface area contributed by atoms with E-state index in [1.54, 1.807) is 9.91 Å². The number of fused-ring (bicyclic) bond motifs is 1. The van der Waals surface area contributed by atoms with E-state index in [-0.39, 0.29) is 17.8 Å². The number of piperazine rings is 1. The molecule has 4 rings (SSSR count). The fourth-order valence-corrected chi connectivity index (χ4v) is 3.43. The van der Waals surface area contributed by atoms with Crippen molar-refractivity contribution in [2.75, 3.05) is 29.5 Å². The van der Waals surface area contributed by atoms with Crippen molar-refractivity contribution in [1.82, 2.24) is 4.90 Å². The number of hydrogen-bond donors (Lipinski definition) is 0. The number of hydrazone groups is 1. The summed E-state index contributed by atoms with van der Waals surface area (Å²) >= 11 is 0. The number of hydrogen-bond acceptors (Lipinski definition) is 5. The van der Waals surface area contributed by atoms with E-state index in [1.165, 1.54) is 0 Å². The highest BCUT2D eigenvalue weighted by atomic mass is 16.2. The third-order valence-corrected chi connectivity index (χ3v) is 4.83. The smallest absolute Gasteiger partial charge is 0.287 e. The Labute approximate surface area is 152 Å². The molecule has 0 aromatic heterocycles. The minimum atomic E-state index is -0.284. The van der Waals surface area contributed by atoms with Crippen LogP contribution in [0.1, 0.15) is 5.56 Å². The van der Waals surface area contributed by atoms with Crippen LogP contribution in [-0.4, -0.2) is 42.3 Å². The molecule has 0 N–H and O–H groups in total. The van der Waals surface area contributed by atoms with Gasteiger partial charge in [-0.25, -0.2) is 5.01 Å². The Morgan fingerprint density at radius 3 is 2.46 bits per heavy atom. The molecule has 130 valence electrons. The summed E-state index contributed by atoms with van der Waals surface area (Å²) in [7, 11) is 0. The minimum Gasteiger partial charge on any atom is -0.366 e. The number of rotatable bonds is 2. The molecule has 1 amide bonds. The van der Waals surface area contributed by atoms with Crippen molar-refractivity contribution in [3.8, 4) is 6.07 Å². The van der Waals surface area contributed by atoms with Crippen molar-refractivity contribution in [2.45, 2.75) is 13.1 Å². The highest BCUT2D eigenvalue weighted by Gasteiger charge is 2.40. The number of benzene rings is 2. The predicted molar refractivity (Wildman–Crippen MR) is 101 cm³/mol. The molecule has 6 heteroatoms. The summed E-state index contributed by atoms with van der Waals surface area (Å²) in [6, 6.07) is 20.1. The van der Waals surface area contributed by atoms with Gasteiger partial charge in [0.15, 0.2) is 0 Å². The first-order chi connectivity index (χ1) is 12.7. The van der Waals surface area contributed by atoms with E-state index in [9.17, 15) is 10.1 Å². The lowest BCUT2D eigenvalue weighted by Gasteiger charge is -2.47. The number of amides is 1. The molecule has 2 aromatic rings. The molecule has 6 nitrogen and oxygen atoms in total. The molecule has 2 aromatic carbocycles. The largest absolute Gasteiger partial charge is 0.366 e. The monoisotopic (exact) mass is 345 g/mol. The molecular formula is C20H19N5O. The van der Waals surface area contributed by atoms with Gasteiger partial charge in [0.1, 0.15) is 12.2 Å². The molecule has 2 aliphatic heterocycles. The third kappa shape index (κ3) is 2.78. The Hall–Kier alpha value is -3.33. The lowest BCUT2D eigenvalue weighted by atomic mass is 10.1. The topological polar surface area (TPSA) is 62.9 Å². The van der Waals surface area contributed by atoms with Crippen LogP contribution in [0.3, 0.4) is 0 Å². The third-order valence-electron chi connectivity index (χ3n) is 4.83. The number of anilines is 2. The zero-order chi connectivity index (χ0) is 18.1. The molecule has 2 heterocycles. The number of nitrogens with zero attached hydrogens (tertiary/aromatic N) is 5. The Bertz CT molecular complexity index is 885. The van der Waals surface area contributed by atoms with Crippen LogP contribution in [0.15, 0.2) is 59.7 Å². The number of nitriles is 1. The summed E-state index contributed by atoms with van der Waals surface area (Å²) in [6.45, 7) is 3.94. The average Bonchev–Trinajstić information content (AvgIpc) is 2.69. The second kappa shape index (κ2) is 6.52. The van der Waals surface area contributed by atoms with E-state index in [4.69, 9.17) is 0 Å². The molecule has 1 fully saturated rings. The first kappa shape index (κ1) is 16.2. The lowest BCUT2D eigenvalue weighted by Crippen LogP contribution is -2.64. The van der Waals surface area contributed by atoms with Gasteiger partial charge in [0.05, 0.1) is 12.2 Å². The van der Waals surface area contributed by atoms with E-state index in [0.717, 1.165) is 23.5 Å². The van der Waals surface area contributed by atoms with Crippen molar-refractivity contribution in [1.29, 1.82) is 5.26 Å². The maximum absolute atomic E-state index is 12.6. The Morgan fingerprint density at radius 2 is 1.77 bits per heavy atom. The second-order valence-electron chi connectivity index (χ2n) is 6.50. The van der Waals surface area contributed by atoms with Gasteiger partial charge in [-0.3, -0.25) is 4.79 Å². The van der Waals surface area contributed by atoms with Crippen LogP contribution in [-0.2, 0) is 4.79 Å². The molecule has 0 spiro atoms. The maximum atomic E-state index is 12.6. The van der Waals surface area contributed by atoms with Crippen LogP contribution in [0.4, 0.5) is 11.4 Å². The number of carbonyl (C=O) groups is 1. The van der Waals surface area contributed by atoms with E-state index >= 15 is 0 Å². The first-order valence-electron chi connectivity index (χ1n) is 8.63. The SMILES string of the molecule is Cc1ccc(N2N=C(C#N)C(=O)N3CCN(c4ccccc4)C[C@H]32)cc1. The van der Waals surface area contributed by atoms with Crippen LogP contribution < -0.4 is 9.91 Å². The van der Waals surface area contributed by atoms with Gasteiger partial charge >= 0.3 is 0 Å². The quantitative estimate of drug-likeness (QED) is 0.838. The Kier molecular flexibility index (Phi) is 4.05. The minimum absolute atomic E-state index is 0.0602. The van der Waals surface area contributed by atoms with Gasteiger partial charge < -0.3 is 9.80 Å². The molecule has 1 saturated heterocycles. The molecule has 2 aliphatic rings. The number of carbonyl (C=O) groups excluding carboxylic acids is 1.